The summed E-state index contributed by atoms with van der Waals surface area (Å²) in [7, 11) is 0. The normalized spacial score (nSPS) is 16.7. The van der Waals surface area contributed by atoms with Crippen LogP contribution < -0.4 is 5.32 Å². The molecule has 1 saturated heterocycles. The van der Waals surface area contributed by atoms with Crippen molar-refractivity contribution in [2.75, 3.05) is 39.4 Å². The fraction of sp³-hybridized carbons (Fsp3) is 0.583. The van der Waals surface area contributed by atoms with Gasteiger partial charge in [0.25, 0.3) is 5.91 Å². The Balaban J connectivity index is 1.61. The van der Waals surface area contributed by atoms with E-state index in [0.29, 0.717) is 0 Å². The third-order valence-electron chi connectivity index (χ3n) is 2.87. The van der Waals surface area contributed by atoms with Crippen molar-refractivity contribution >= 4 is 33.2 Å². The first-order valence-electron chi connectivity index (χ1n) is 6.08. The molecule has 2 rings (SSSR count). The van der Waals surface area contributed by atoms with Gasteiger partial charge in [0.1, 0.15) is 0 Å². The van der Waals surface area contributed by atoms with Crippen molar-refractivity contribution in [3.05, 3.63) is 20.8 Å². The van der Waals surface area contributed by atoms with Crippen molar-refractivity contribution in [2.24, 2.45) is 0 Å². The molecule has 0 bridgehead atoms. The van der Waals surface area contributed by atoms with Crippen molar-refractivity contribution in [3.8, 4) is 0 Å². The van der Waals surface area contributed by atoms with Crippen LogP contribution in [0.1, 0.15) is 16.8 Å². The van der Waals surface area contributed by atoms with Crippen LogP contribution in [0.5, 0.6) is 0 Å². The van der Waals surface area contributed by atoms with E-state index in [-0.39, 0.29) is 5.91 Å². The molecule has 0 saturated carbocycles. The average Bonchev–Trinajstić information content (AvgIpc) is 2.82. The lowest BCUT2D eigenvalue weighted by atomic mass is 10.3. The van der Waals surface area contributed by atoms with Crippen LogP contribution in [0.15, 0.2) is 15.2 Å². The van der Waals surface area contributed by atoms with Gasteiger partial charge >= 0.3 is 0 Å². The number of thiophene rings is 1. The van der Waals surface area contributed by atoms with Crippen molar-refractivity contribution in [1.29, 1.82) is 0 Å². The second-order valence-corrected chi connectivity index (χ2v) is 6.49. The Kier molecular flexibility index (Phi) is 5.62. The molecule has 0 spiro atoms. The zero-order valence-corrected chi connectivity index (χ0v) is 12.6. The fourth-order valence-electron chi connectivity index (χ4n) is 1.86. The molecule has 1 aromatic heterocycles. The van der Waals surface area contributed by atoms with Gasteiger partial charge in [-0.3, -0.25) is 9.69 Å². The molecule has 100 valence electrons. The van der Waals surface area contributed by atoms with Crippen LogP contribution in [0, 0.1) is 0 Å². The monoisotopic (exact) mass is 332 g/mol. The van der Waals surface area contributed by atoms with E-state index in [1.165, 1.54) is 11.3 Å². The second-order valence-electron chi connectivity index (χ2n) is 4.20. The van der Waals surface area contributed by atoms with Gasteiger partial charge in [-0.2, -0.15) is 0 Å². The highest BCUT2D eigenvalue weighted by molar-refractivity contribution is 9.11. The maximum absolute atomic E-state index is 11.8. The molecule has 0 atom stereocenters. The van der Waals surface area contributed by atoms with Crippen molar-refractivity contribution in [3.63, 3.8) is 0 Å². The molecule has 1 aromatic rings. The molecule has 1 amide bonds. The Hall–Kier alpha value is -0.430. The van der Waals surface area contributed by atoms with Gasteiger partial charge in [0.05, 0.1) is 22.6 Å². The number of hydrogen-bond donors (Lipinski definition) is 1. The molecule has 18 heavy (non-hydrogen) atoms. The number of nitrogens with one attached hydrogen (secondary N) is 1. The molecule has 2 heterocycles. The zero-order chi connectivity index (χ0) is 12.8. The quantitative estimate of drug-likeness (QED) is 0.838. The highest BCUT2D eigenvalue weighted by atomic mass is 79.9. The summed E-state index contributed by atoms with van der Waals surface area (Å²) in [5.74, 6) is 0.0129. The van der Waals surface area contributed by atoms with Gasteiger partial charge in [-0.25, -0.2) is 0 Å². The van der Waals surface area contributed by atoms with Crippen LogP contribution in [0.4, 0.5) is 0 Å². The van der Waals surface area contributed by atoms with E-state index in [2.05, 4.69) is 26.1 Å². The number of rotatable bonds is 5. The number of halogens is 1. The van der Waals surface area contributed by atoms with Gasteiger partial charge in [-0.05, 0) is 35.0 Å². The number of carbonyl (C=O) groups excluding carboxylic acids is 1. The second kappa shape index (κ2) is 7.23. The predicted molar refractivity (Wildman–Crippen MR) is 76.2 cm³/mol. The Morgan fingerprint density at radius 1 is 1.50 bits per heavy atom. The van der Waals surface area contributed by atoms with E-state index in [9.17, 15) is 4.79 Å². The van der Waals surface area contributed by atoms with E-state index in [1.54, 1.807) is 0 Å². The summed E-state index contributed by atoms with van der Waals surface area (Å²) in [5, 5.41) is 4.80. The first-order valence-corrected chi connectivity index (χ1v) is 7.75. The van der Waals surface area contributed by atoms with Crippen LogP contribution >= 0.6 is 27.3 Å². The topological polar surface area (TPSA) is 41.6 Å². The Morgan fingerprint density at radius 2 is 2.28 bits per heavy atom. The van der Waals surface area contributed by atoms with E-state index in [1.807, 2.05) is 11.4 Å². The summed E-state index contributed by atoms with van der Waals surface area (Å²) in [6.07, 6.45) is 0.983. The largest absolute Gasteiger partial charge is 0.379 e. The smallest absolute Gasteiger partial charge is 0.252 e. The van der Waals surface area contributed by atoms with Gasteiger partial charge in [-0.1, -0.05) is 0 Å². The van der Waals surface area contributed by atoms with E-state index < -0.39 is 0 Å². The number of amides is 1. The van der Waals surface area contributed by atoms with Crippen molar-refractivity contribution in [1.82, 2.24) is 10.2 Å². The third-order valence-corrected chi connectivity index (χ3v) is 4.37. The molecular weight excluding hydrogens is 316 g/mol. The number of nitrogens with zero attached hydrogens (tertiary/aromatic N) is 1. The van der Waals surface area contributed by atoms with Crippen LogP contribution in [-0.2, 0) is 4.74 Å². The van der Waals surface area contributed by atoms with Crippen LogP contribution in [0.2, 0.25) is 0 Å². The summed E-state index contributed by atoms with van der Waals surface area (Å²) in [5.41, 5.74) is 0.734. The third kappa shape index (κ3) is 4.35. The summed E-state index contributed by atoms with van der Waals surface area (Å²) in [6, 6.07) is 1.85. The van der Waals surface area contributed by atoms with E-state index in [0.717, 1.165) is 55.2 Å². The molecule has 1 aliphatic heterocycles. The first-order chi connectivity index (χ1) is 8.75. The van der Waals surface area contributed by atoms with Crippen LogP contribution in [0.3, 0.4) is 0 Å². The standard InChI is InChI=1S/C12H17BrN2O2S/c13-11-8-10(9-18-11)12(16)14-2-1-3-15-4-6-17-7-5-15/h8-9H,1-7H2,(H,14,16). The molecule has 4 nitrogen and oxygen atoms in total. The molecule has 0 radical (unpaired) electrons. The maximum Gasteiger partial charge on any atom is 0.252 e. The Morgan fingerprint density at radius 3 is 2.94 bits per heavy atom. The maximum atomic E-state index is 11.8. The van der Waals surface area contributed by atoms with Gasteiger partial charge < -0.3 is 10.1 Å². The van der Waals surface area contributed by atoms with Gasteiger partial charge in [0, 0.05) is 25.0 Å². The van der Waals surface area contributed by atoms with Crippen LogP contribution in [-0.4, -0.2) is 50.2 Å². The fourth-order valence-corrected chi connectivity index (χ4v) is 3.00. The van der Waals surface area contributed by atoms with E-state index in [4.69, 9.17) is 4.74 Å². The minimum atomic E-state index is 0.0129. The minimum absolute atomic E-state index is 0.0129. The minimum Gasteiger partial charge on any atom is -0.379 e. The Bertz CT molecular complexity index is 391. The van der Waals surface area contributed by atoms with Gasteiger partial charge in [0.2, 0.25) is 0 Å². The average molecular weight is 333 g/mol. The highest BCUT2D eigenvalue weighted by Crippen LogP contribution is 2.20. The number of ether oxygens (including phenoxy) is 1. The summed E-state index contributed by atoms with van der Waals surface area (Å²) < 4.78 is 6.28. The molecule has 0 aliphatic carbocycles. The number of morpholine rings is 1. The van der Waals surface area contributed by atoms with Gasteiger partial charge in [-0.15, -0.1) is 11.3 Å². The molecule has 1 aliphatic rings. The van der Waals surface area contributed by atoms with Gasteiger partial charge in [0.15, 0.2) is 0 Å². The zero-order valence-electron chi connectivity index (χ0n) is 10.2. The molecule has 0 aromatic carbocycles. The lowest BCUT2D eigenvalue weighted by Gasteiger charge is -2.26. The molecule has 1 N–H and O–H groups in total. The first kappa shape index (κ1) is 14.0. The lowest BCUT2D eigenvalue weighted by Crippen LogP contribution is -2.38. The number of hydrogen-bond acceptors (Lipinski definition) is 4. The summed E-state index contributed by atoms with van der Waals surface area (Å²) in [6.45, 7) is 5.42. The SMILES string of the molecule is O=C(NCCCN1CCOCC1)c1csc(Br)c1. The lowest BCUT2D eigenvalue weighted by molar-refractivity contribution is 0.0374. The molecule has 1 fully saturated rings. The molecule has 0 unspecified atom stereocenters. The molecular formula is C12H17BrN2O2S. The predicted octanol–water partition coefficient (Wildman–Crippen LogP) is 1.96. The van der Waals surface area contributed by atoms with Crippen molar-refractivity contribution in [2.45, 2.75) is 6.42 Å². The number of carbonyl (C=O) groups is 1. The van der Waals surface area contributed by atoms with Crippen molar-refractivity contribution < 1.29 is 9.53 Å². The summed E-state index contributed by atoms with van der Waals surface area (Å²) in [4.78, 5) is 14.1. The summed E-state index contributed by atoms with van der Waals surface area (Å²) >= 11 is 4.88. The highest BCUT2D eigenvalue weighted by Gasteiger charge is 2.10. The van der Waals surface area contributed by atoms with Crippen LogP contribution in [0.25, 0.3) is 0 Å². The van der Waals surface area contributed by atoms with E-state index >= 15 is 0 Å². The Labute approximate surface area is 119 Å². The molecule has 6 heteroatoms.